The second-order valence-electron chi connectivity index (χ2n) is 6.46. The van der Waals surface area contributed by atoms with Crippen LogP contribution in [0, 0.1) is 12.7 Å². The number of nitrogens with one attached hydrogen (secondary N) is 2. The fourth-order valence-electron chi connectivity index (χ4n) is 2.71. The van der Waals surface area contributed by atoms with Gasteiger partial charge in [0.2, 0.25) is 0 Å². The third-order valence-corrected chi connectivity index (χ3v) is 4.51. The highest BCUT2D eigenvalue weighted by Gasteiger charge is 2.11. The largest absolute Gasteiger partial charge is 0.339 e. The van der Waals surface area contributed by atoms with Crippen molar-refractivity contribution in [1.82, 2.24) is 20.0 Å². The number of halogens is 2. The van der Waals surface area contributed by atoms with Crippen molar-refractivity contribution in [2.75, 3.05) is 10.6 Å². The Kier molecular flexibility index (Phi) is 5.40. The van der Waals surface area contributed by atoms with E-state index in [1.807, 2.05) is 25.3 Å². The number of aryl methyl sites for hydroxylation is 1. The van der Waals surface area contributed by atoms with Crippen LogP contribution in [-0.4, -0.2) is 25.9 Å². The van der Waals surface area contributed by atoms with Gasteiger partial charge in [0.15, 0.2) is 11.6 Å². The van der Waals surface area contributed by atoms with Gasteiger partial charge in [0.05, 0.1) is 16.3 Å². The van der Waals surface area contributed by atoms with E-state index in [9.17, 15) is 9.18 Å². The lowest BCUT2D eigenvalue weighted by Crippen LogP contribution is -2.12. The molecule has 0 atom stereocenters. The van der Waals surface area contributed by atoms with Crippen LogP contribution in [0.3, 0.4) is 0 Å². The molecule has 2 N–H and O–H groups in total. The molecule has 4 rings (SSSR count). The molecule has 0 aliphatic rings. The number of carbonyl (C=O) groups excluding carboxylic acids is 1. The van der Waals surface area contributed by atoms with Crippen LogP contribution in [0.2, 0.25) is 5.02 Å². The second kappa shape index (κ2) is 8.30. The topological polar surface area (TPSA) is 84.7 Å². The molecule has 0 spiro atoms. The number of benzene rings is 2. The van der Waals surface area contributed by atoms with Crippen LogP contribution in [0.4, 0.5) is 21.6 Å². The van der Waals surface area contributed by atoms with Crippen molar-refractivity contribution in [2.24, 2.45) is 0 Å². The van der Waals surface area contributed by atoms with Crippen LogP contribution in [-0.2, 0) is 0 Å². The molecule has 2 heterocycles. The monoisotopic (exact) mass is 422 g/mol. The molecule has 0 saturated heterocycles. The first-order valence-electron chi connectivity index (χ1n) is 8.98. The number of carbonyl (C=O) groups is 1. The molecule has 9 heteroatoms. The summed E-state index contributed by atoms with van der Waals surface area (Å²) in [5.74, 6) is 0.266. The highest BCUT2D eigenvalue weighted by atomic mass is 35.5. The van der Waals surface area contributed by atoms with E-state index in [0.717, 1.165) is 17.4 Å². The van der Waals surface area contributed by atoms with Gasteiger partial charge >= 0.3 is 0 Å². The smallest absolute Gasteiger partial charge is 0.257 e. The summed E-state index contributed by atoms with van der Waals surface area (Å²) in [6.45, 7) is 1.90. The van der Waals surface area contributed by atoms with E-state index >= 15 is 0 Å². The maximum atomic E-state index is 13.1. The van der Waals surface area contributed by atoms with E-state index < -0.39 is 11.7 Å². The Morgan fingerprint density at radius 3 is 2.40 bits per heavy atom. The van der Waals surface area contributed by atoms with Gasteiger partial charge in [0.1, 0.15) is 5.82 Å². The second-order valence-corrected chi connectivity index (χ2v) is 6.87. The summed E-state index contributed by atoms with van der Waals surface area (Å²) in [5, 5.41) is 18.5. The molecule has 0 unspecified atom stereocenters. The van der Waals surface area contributed by atoms with Gasteiger partial charge in [-0.05, 0) is 67.6 Å². The summed E-state index contributed by atoms with van der Waals surface area (Å²) >= 11 is 5.93. The van der Waals surface area contributed by atoms with Crippen molar-refractivity contribution in [2.45, 2.75) is 6.92 Å². The quantitative estimate of drug-likeness (QED) is 0.484. The average Bonchev–Trinajstić information content (AvgIpc) is 3.16. The number of hydrogen-bond donors (Lipinski definition) is 2. The number of rotatable bonds is 5. The first kappa shape index (κ1) is 19.5. The number of aromatic nitrogens is 4. The van der Waals surface area contributed by atoms with Crippen molar-refractivity contribution in [3.63, 3.8) is 0 Å². The van der Waals surface area contributed by atoms with Gasteiger partial charge in [-0.3, -0.25) is 4.79 Å². The summed E-state index contributed by atoms with van der Waals surface area (Å²) < 4.78 is 14.8. The first-order valence-corrected chi connectivity index (χ1v) is 9.35. The minimum atomic E-state index is -0.497. The van der Waals surface area contributed by atoms with E-state index in [-0.39, 0.29) is 10.6 Å². The van der Waals surface area contributed by atoms with Gasteiger partial charge in [-0.1, -0.05) is 11.6 Å². The molecule has 0 aliphatic carbocycles. The van der Waals surface area contributed by atoms with Crippen LogP contribution in [0.1, 0.15) is 16.1 Å². The summed E-state index contributed by atoms with van der Waals surface area (Å²) in [5.41, 5.74) is 2.43. The number of hydrogen-bond acceptors (Lipinski definition) is 5. The van der Waals surface area contributed by atoms with Crippen LogP contribution < -0.4 is 10.6 Å². The van der Waals surface area contributed by atoms with Crippen LogP contribution in [0.25, 0.3) is 5.82 Å². The predicted octanol–water partition coefficient (Wildman–Crippen LogP) is 4.76. The molecule has 0 saturated carbocycles. The Morgan fingerprint density at radius 2 is 1.77 bits per heavy atom. The molecular weight excluding hydrogens is 407 g/mol. The minimum Gasteiger partial charge on any atom is -0.339 e. The molecule has 0 bridgehead atoms. The van der Waals surface area contributed by atoms with Gasteiger partial charge < -0.3 is 10.6 Å². The predicted molar refractivity (Wildman–Crippen MR) is 113 cm³/mol. The molecule has 4 aromatic rings. The lowest BCUT2D eigenvalue weighted by atomic mass is 10.2. The normalized spacial score (nSPS) is 10.6. The number of nitrogens with zero attached hydrogens (tertiary/aromatic N) is 4. The minimum absolute atomic E-state index is 0.0538. The van der Waals surface area contributed by atoms with Crippen LogP contribution in [0.5, 0.6) is 0 Å². The highest BCUT2D eigenvalue weighted by Crippen LogP contribution is 2.21. The number of anilines is 3. The Hall–Kier alpha value is -3.78. The zero-order valence-electron chi connectivity index (χ0n) is 15.8. The van der Waals surface area contributed by atoms with E-state index in [4.69, 9.17) is 11.6 Å². The Bertz CT molecular complexity index is 1190. The standard InChI is InChI=1S/C21H16ClFN6O/c1-13-10-11-29(28-13)20-9-8-19(26-27-20)24-15-3-5-16(6-4-15)25-21(30)17-7-2-14(23)12-18(17)22/h2-12H,1H3,(H,24,26)(H,25,30). The van der Waals surface area contributed by atoms with Gasteiger partial charge in [-0.2, -0.15) is 5.10 Å². The summed E-state index contributed by atoms with van der Waals surface area (Å²) in [6.07, 6.45) is 1.82. The molecule has 0 fully saturated rings. The Labute approximate surface area is 176 Å². The van der Waals surface area contributed by atoms with Crippen LogP contribution in [0.15, 0.2) is 66.9 Å². The molecule has 0 radical (unpaired) electrons. The van der Waals surface area contributed by atoms with E-state index in [1.54, 1.807) is 35.0 Å². The molecular formula is C21H16ClFN6O. The molecule has 0 aliphatic heterocycles. The van der Waals surface area contributed by atoms with Crippen LogP contribution >= 0.6 is 11.6 Å². The van der Waals surface area contributed by atoms with Crippen molar-refractivity contribution in [3.8, 4) is 5.82 Å². The lowest BCUT2D eigenvalue weighted by molar-refractivity contribution is 0.102. The van der Waals surface area contributed by atoms with E-state index in [0.29, 0.717) is 17.3 Å². The fourth-order valence-corrected chi connectivity index (χ4v) is 2.97. The average molecular weight is 423 g/mol. The lowest BCUT2D eigenvalue weighted by Gasteiger charge is -2.09. The van der Waals surface area contributed by atoms with Crippen molar-refractivity contribution in [1.29, 1.82) is 0 Å². The van der Waals surface area contributed by atoms with Crippen molar-refractivity contribution >= 4 is 34.7 Å². The molecule has 150 valence electrons. The third kappa shape index (κ3) is 4.44. The van der Waals surface area contributed by atoms with E-state index in [1.165, 1.54) is 12.1 Å². The maximum Gasteiger partial charge on any atom is 0.257 e. The fraction of sp³-hybridized carbons (Fsp3) is 0.0476. The van der Waals surface area contributed by atoms with E-state index in [2.05, 4.69) is 25.9 Å². The zero-order valence-corrected chi connectivity index (χ0v) is 16.6. The zero-order chi connectivity index (χ0) is 21.1. The van der Waals surface area contributed by atoms with Gasteiger partial charge in [-0.15, -0.1) is 10.2 Å². The molecule has 2 aromatic heterocycles. The highest BCUT2D eigenvalue weighted by molar-refractivity contribution is 6.34. The Morgan fingerprint density at radius 1 is 1.00 bits per heavy atom. The van der Waals surface area contributed by atoms with Gasteiger partial charge in [0, 0.05) is 17.6 Å². The molecule has 2 aromatic carbocycles. The third-order valence-electron chi connectivity index (χ3n) is 4.20. The summed E-state index contributed by atoms with van der Waals surface area (Å²) in [4.78, 5) is 12.3. The first-order chi connectivity index (χ1) is 14.5. The van der Waals surface area contributed by atoms with Gasteiger partial charge in [-0.25, -0.2) is 9.07 Å². The molecule has 7 nitrogen and oxygen atoms in total. The molecule has 1 amide bonds. The van der Waals surface area contributed by atoms with Crippen molar-refractivity contribution < 1.29 is 9.18 Å². The van der Waals surface area contributed by atoms with Gasteiger partial charge in [0.25, 0.3) is 5.91 Å². The Balaban J connectivity index is 1.40. The summed E-state index contributed by atoms with van der Waals surface area (Å²) in [6, 6.07) is 16.2. The molecule has 30 heavy (non-hydrogen) atoms. The van der Waals surface area contributed by atoms with Crippen molar-refractivity contribution in [3.05, 3.63) is 89.0 Å². The SMILES string of the molecule is Cc1ccn(-c2ccc(Nc3ccc(NC(=O)c4ccc(F)cc4Cl)cc3)nn2)n1. The maximum absolute atomic E-state index is 13.1. The summed E-state index contributed by atoms with van der Waals surface area (Å²) in [7, 11) is 0. The number of amides is 1.